The molecule has 1 aliphatic heterocycles. The number of rotatable bonds is 0. The van der Waals surface area contributed by atoms with Gasteiger partial charge in [-0.1, -0.05) is 32.8 Å². The van der Waals surface area contributed by atoms with Gasteiger partial charge >= 0.3 is 0 Å². The molecule has 1 aliphatic rings. The smallest absolute Gasteiger partial charge is 0.0281 e. The Morgan fingerprint density at radius 2 is 2.00 bits per heavy atom. The zero-order valence-electron chi connectivity index (χ0n) is 11.3. The molecule has 2 rings (SSSR count). The van der Waals surface area contributed by atoms with Crippen molar-refractivity contribution in [2.24, 2.45) is 0 Å². The molecule has 1 heterocycles. The Bertz CT molecular complexity index is 472. The van der Waals surface area contributed by atoms with Crippen LogP contribution in [0.25, 0.3) is 0 Å². The monoisotopic (exact) mass is 227 g/mol. The third-order valence-corrected chi connectivity index (χ3v) is 3.55. The van der Waals surface area contributed by atoms with Crippen LogP contribution in [0.5, 0.6) is 0 Å². The summed E-state index contributed by atoms with van der Waals surface area (Å²) in [6.07, 6.45) is 6.74. The Hall–Kier alpha value is -1.26. The summed E-state index contributed by atoms with van der Waals surface area (Å²) in [5.41, 5.74) is 5.41. The average molecular weight is 227 g/mol. The predicted octanol–water partition coefficient (Wildman–Crippen LogP) is 2.95. The number of hydrogen-bond acceptors (Lipinski definition) is 1. The first-order valence-electron chi connectivity index (χ1n) is 6.23. The first kappa shape index (κ1) is 12.2. The maximum atomic E-state index is 5.66. The fourth-order valence-electron chi connectivity index (χ4n) is 2.40. The number of fused-ring (bicyclic) bond motifs is 1. The molecular formula is C16H21N. The lowest BCUT2D eigenvalue weighted by Crippen LogP contribution is -2.28. The summed E-state index contributed by atoms with van der Waals surface area (Å²) in [6, 6.07) is 4.54. The van der Waals surface area contributed by atoms with Crippen molar-refractivity contribution < 1.29 is 0 Å². The first-order chi connectivity index (χ1) is 7.91. The van der Waals surface area contributed by atoms with E-state index in [1.54, 1.807) is 0 Å². The van der Waals surface area contributed by atoms with Crippen LogP contribution in [-0.2, 0) is 18.4 Å². The van der Waals surface area contributed by atoms with Crippen LogP contribution in [0.3, 0.4) is 0 Å². The molecule has 0 fully saturated rings. The molecule has 90 valence electrons. The van der Waals surface area contributed by atoms with Crippen LogP contribution in [-0.4, -0.2) is 18.5 Å². The Morgan fingerprint density at radius 3 is 2.59 bits per heavy atom. The van der Waals surface area contributed by atoms with Gasteiger partial charge in [-0.3, -0.25) is 0 Å². The number of likely N-dealkylation sites (N-methyl/N-ethyl adjacent to an activating group) is 1. The second kappa shape index (κ2) is 4.20. The summed E-state index contributed by atoms with van der Waals surface area (Å²) in [7, 11) is 2.17. The Kier molecular flexibility index (Phi) is 3.02. The highest BCUT2D eigenvalue weighted by Gasteiger charge is 2.21. The van der Waals surface area contributed by atoms with Gasteiger partial charge in [-0.25, -0.2) is 0 Å². The summed E-state index contributed by atoms with van der Waals surface area (Å²) in [5.74, 6) is 2.86. The van der Waals surface area contributed by atoms with Gasteiger partial charge in [0.25, 0.3) is 0 Å². The highest BCUT2D eigenvalue weighted by molar-refractivity contribution is 5.49. The van der Waals surface area contributed by atoms with Gasteiger partial charge in [0.15, 0.2) is 0 Å². The standard InChI is InChI=1S/C16H21N/c1-6-12-9-14(16(2,3)4)10-13-11-17(5)8-7-15(12)13/h1,9-10H,7-8,11H2,2-5H3. The fourth-order valence-corrected chi connectivity index (χ4v) is 2.40. The third-order valence-electron chi connectivity index (χ3n) is 3.55. The van der Waals surface area contributed by atoms with E-state index in [0.29, 0.717) is 0 Å². The van der Waals surface area contributed by atoms with Gasteiger partial charge in [0, 0.05) is 18.7 Å². The Labute approximate surface area is 105 Å². The minimum atomic E-state index is 0.163. The van der Waals surface area contributed by atoms with Gasteiger partial charge < -0.3 is 4.90 Å². The summed E-state index contributed by atoms with van der Waals surface area (Å²) < 4.78 is 0. The second-order valence-electron chi connectivity index (χ2n) is 6.04. The van der Waals surface area contributed by atoms with Gasteiger partial charge in [0.05, 0.1) is 0 Å². The molecule has 0 atom stereocenters. The average Bonchev–Trinajstić information content (AvgIpc) is 2.25. The SMILES string of the molecule is C#Cc1cc(C(C)(C)C)cc2c1CCN(C)C2. The molecular weight excluding hydrogens is 206 g/mol. The maximum absolute atomic E-state index is 5.66. The summed E-state index contributed by atoms with van der Waals surface area (Å²) >= 11 is 0. The lowest BCUT2D eigenvalue weighted by atomic mass is 9.82. The highest BCUT2D eigenvalue weighted by atomic mass is 15.1. The molecule has 17 heavy (non-hydrogen) atoms. The third kappa shape index (κ3) is 2.37. The zero-order valence-corrected chi connectivity index (χ0v) is 11.3. The van der Waals surface area contributed by atoms with Crippen LogP contribution in [0.4, 0.5) is 0 Å². The van der Waals surface area contributed by atoms with Crippen LogP contribution in [0, 0.1) is 12.3 Å². The van der Waals surface area contributed by atoms with E-state index >= 15 is 0 Å². The minimum Gasteiger partial charge on any atom is -0.302 e. The van der Waals surface area contributed by atoms with Crippen LogP contribution < -0.4 is 0 Å². The topological polar surface area (TPSA) is 3.24 Å². The number of nitrogens with zero attached hydrogens (tertiary/aromatic N) is 1. The van der Waals surface area contributed by atoms with Crippen molar-refractivity contribution in [1.29, 1.82) is 0 Å². The van der Waals surface area contributed by atoms with Crippen molar-refractivity contribution in [2.45, 2.75) is 39.2 Å². The zero-order chi connectivity index (χ0) is 12.6. The van der Waals surface area contributed by atoms with Crippen LogP contribution in [0.15, 0.2) is 12.1 Å². The number of benzene rings is 1. The quantitative estimate of drug-likeness (QED) is 0.616. The maximum Gasteiger partial charge on any atom is 0.0281 e. The molecule has 0 N–H and O–H groups in total. The van der Waals surface area contributed by atoms with Crippen LogP contribution >= 0.6 is 0 Å². The minimum absolute atomic E-state index is 0.163. The van der Waals surface area contributed by atoms with E-state index in [-0.39, 0.29) is 5.41 Å². The molecule has 1 aromatic rings. The van der Waals surface area contributed by atoms with E-state index in [9.17, 15) is 0 Å². The molecule has 0 amide bonds. The molecule has 0 bridgehead atoms. The molecule has 0 aromatic heterocycles. The van der Waals surface area contributed by atoms with Crippen molar-refractivity contribution in [3.63, 3.8) is 0 Å². The van der Waals surface area contributed by atoms with E-state index in [2.05, 4.69) is 50.8 Å². The molecule has 1 aromatic carbocycles. The predicted molar refractivity (Wildman–Crippen MR) is 73.1 cm³/mol. The lowest BCUT2D eigenvalue weighted by Gasteiger charge is -2.29. The van der Waals surface area contributed by atoms with Crippen LogP contribution in [0.1, 0.15) is 43.0 Å². The van der Waals surface area contributed by atoms with Gasteiger partial charge in [0.2, 0.25) is 0 Å². The van der Waals surface area contributed by atoms with E-state index in [1.807, 2.05) is 0 Å². The summed E-state index contributed by atoms with van der Waals surface area (Å²) in [4.78, 5) is 2.36. The van der Waals surface area contributed by atoms with Crippen LogP contribution in [0.2, 0.25) is 0 Å². The normalized spacial score (nSPS) is 16.4. The molecule has 1 heteroatoms. The van der Waals surface area contributed by atoms with Crippen molar-refractivity contribution in [3.05, 3.63) is 34.4 Å². The largest absolute Gasteiger partial charge is 0.302 e. The van der Waals surface area contributed by atoms with Gasteiger partial charge in [0.1, 0.15) is 0 Å². The Morgan fingerprint density at radius 1 is 1.29 bits per heavy atom. The molecule has 0 unspecified atom stereocenters. The van der Waals surface area contributed by atoms with Crippen molar-refractivity contribution in [2.75, 3.05) is 13.6 Å². The van der Waals surface area contributed by atoms with Crippen molar-refractivity contribution in [1.82, 2.24) is 4.90 Å². The number of terminal acetylenes is 1. The highest BCUT2D eigenvalue weighted by Crippen LogP contribution is 2.29. The van der Waals surface area contributed by atoms with E-state index < -0.39 is 0 Å². The van der Waals surface area contributed by atoms with Crippen molar-refractivity contribution in [3.8, 4) is 12.3 Å². The van der Waals surface area contributed by atoms with Gasteiger partial charge in [-0.2, -0.15) is 0 Å². The lowest BCUT2D eigenvalue weighted by molar-refractivity contribution is 0.312. The van der Waals surface area contributed by atoms with Crippen molar-refractivity contribution >= 4 is 0 Å². The molecule has 0 saturated heterocycles. The van der Waals surface area contributed by atoms with E-state index in [0.717, 1.165) is 25.1 Å². The van der Waals surface area contributed by atoms with Gasteiger partial charge in [-0.15, -0.1) is 6.42 Å². The fraction of sp³-hybridized carbons (Fsp3) is 0.500. The molecule has 0 radical (unpaired) electrons. The summed E-state index contributed by atoms with van der Waals surface area (Å²) in [5, 5.41) is 0. The molecule has 0 aliphatic carbocycles. The first-order valence-corrected chi connectivity index (χ1v) is 6.23. The molecule has 0 spiro atoms. The summed E-state index contributed by atoms with van der Waals surface area (Å²) in [6.45, 7) is 8.84. The van der Waals surface area contributed by atoms with Gasteiger partial charge in [-0.05, 0) is 41.6 Å². The van der Waals surface area contributed by atoms with E-state index in [4.69, 9.17) is 6.42 Å². The number of hydrogen-bond donors (Lipinski definition) is 0. The second-order valence-corrected chi connectivity index (χ2v) is 6.04. The Balaban J connectivity index is 2.56. The van der Waals surface area contributed by atoms with E-state index in [1.165, 1.54) is 16.7 Å². The molecule has 1 nitrogen and oxygen atoms in total. The molecule has 0 saturated carbocycles.